The number of anilines is 1. The molecule has 3 N–H and O–H groups in total. The lowest BCUT2D eigenvalue weighted by atomic mass is 9.99. The summed E-state index contributed by atoms with van der Waals surface area (Å²) in [5, 5.41) is 3.16. The molecule has 118 valence electrons. The van der Waals surface area contributed by atoms with Crippen LogP contribution in [0.25, 0.3) is 0 Å². The van der Waals surface area contributed by atoms with Gasteiger partial charge in [-0.25, -0.2) is 9.37 Å². The number of amides is 1. The van der Waals surface area contributed by atoms with Crippen molar-refractivity contribution < 1.29 is 9.18 Å². The van der Waals surface area contributed by atoms with E-state index in [0.717, 1.165) is 29.8 Å². The summed E-state index contributed by atoms with van der Waals surface area (Å²) < 4.78 is 14.3. The summed E-state index contributed by atoms with van der Waals surface area (Å²) in [5.74, 6) is -1.05. The number of rotatable bonds is 2. The summed E-state index contributed by atoms with van der Waals surface area (Å²) in [6.45, 7) is 0. The van der Waals surface area contributed by atoms with Crippen LogP contribution < -0.4 is 11.1 Å². The Kier molecular flexibility index (Phi) is 5.55. The van der Waals surface area contributed by atoms with E-state index in [0.29, 0.717) is 9.60 Å². The third kappa shape index (κ3) is 3.65. The summed E-state index contributed by atoms with van der Waals surface area (Å²) in [4.78, 5) is 17.6. The second-order valence-electron chi connectivity index (χ2n) is 4.97. The predicted molar refractivity (Wildman–Crippen MR) is 91.4 cm³/mol. The smallest absolute Gasteiger partial charge is 0.260 e. The maximum Gasteiger partial charge on any atom is 0.260 e. The van der Waals surface area contributed by atoms with Crippen molar-refractivity contribution in [2.24, 2.45) is 5.73 Å². The molecule has 1 aliphatic carbocycles. The molecule has 4 nitrogen and oxygen atoms in total. The van der Waals surface area contributed by atoms with Gasteiger partial charge in [0.2, 0.25) is 0 Å². The van der Waals surface area contributed by atoms with Crippen LogP contribution in [0.1, 0.15) is 27.3 Å². The Hall–Kier alpha value is -1.02. The minimum Gasteiger partial charge on any atom is -0.327 e. The predicted octanol–water partition coefficient (Wildman–Crippen LogP) is 3.53. The third-order valence-electron chi connectivity index (χ3n) is 3.37. The molecule has 1 aromatic carbocycles. The third-order valence-corrected chi connectivity index (χ3v) is 4.90. The fraction of sp³-hybridized carbons (Fsp3) is 0.286. The van der Waals surface area contributed by atoms with Crippen LogP contribution in [-0.4, -0.2) is 16.9 Å². The number of aryl methyl sites for hydroxylation is 1. The number of hydrogen-bond donors (Lipinski definition) is 2. The number of benzene rings is 1. The minimum absolute atomic E-state index is 0. The van der Waals surface area contributed by atoms with E-state index >= 15 is 0 Å². The van der Waals surface area contributed by atoms with Crippen molar-refractivity contribution in [3.05, 3.63) is 44.6 Å². The van der Waals surface area contributed by atoms with Crippen LogP contribution in [0.2, 0.25) is 0 Å². The lowest BCUT2D eigenvalue weighted by Crippen LogP contribution is -2.27. The van der Waals surface area contributed by atoms with Crippen molar-refractivity contribution in [3.8, 4) is 0 Å². The first-order chi connectivity index (χ1) is 10.0. The quantitative estimate of drug-likeness (QED) is 0.801. The van der Waals surface area contributed by atoms with Crippen LogP contribution in [-0.2, 0) is 12.8 Å². The van der Waals surface area contributed by atoms with E-state index in [1.165, 1.54) is 23.5 Å². The van der Waals surface area contributed by atoms with Gasteiger partial charge in [-0.05, 0) is 37.5 Å². The standard InChI is InChI=1S/C14H13BrFN3OS.ClH/c15-7-1-3-10(16)9(5-7)13(20)19-14-18-11-4-2-8(17)6-12(11)21-14;/h1,3,5,8H,2,4,6,17H2,(H,18,19,20);1H/t8-;/m0./s1. The number of carbonyl (C=O) groups excluding carboxylic acids is 1. The van der Waals surface area contributed by atoms with Crippen molar-refractivity contribution in [1.82, 2.24) is 4.98 Å². The summed E-state index contributed by atoms with van der Waals surface area (Å²) in [6.07, 6.45) is 2.52. The van der Waals surface area contributed by atoms with Gasteiger partial charge in [0.15, 0.2) is 5.13 Å². The number of carbonyl (C=O) groups is 1. The summed E-state index contributed by atoms with van der Waals surface area (Å²) in [5.41, 5.74) is 6.91. The van der Waals surface area contributed by atoms with Crippen molar-refractivity contribution in [2.45, 2.75) is 25.3 Å². The molecule has 1 aromatic heterocycles. The van der Waals surface area contributed by atoms with Crippen LogP contribution in [0, 0.1) is 5.82 Å². The molecule has 1 aliphatic rings. The molecule has 0 fully saturated rings. The van der Waals surface area contributed by atoms with Gasteiger partial charge in [-0.2, -0.15) is 0 Å². The normalized spacial score (nSPS) is 16.6. The molecule has 0 bridgehead atoms. The monoisotopic (exact) mass is 405 g/mol. The van der Waals surface area contributed by atoms with Crippen molar-refractivity contribution in [2.75, 3.05) is 5.32 Å². The SMILES string of the molecule is Cl.N[C@H]1CCc2nc(NC(=O)c3cc(Br)ccc3F)sc2C1. The second kappa shape index (κ2) is 7.04. The molecule has 2 aromatic rings. The first-order valence-electron chi connectivity index (χ1n) is 6.53. The Labute approximate surface area is 145 Å². The topological polar surface area (TPSA) is 68.0 Å². The number of halogens is 3. The highest BCUT2D eigenvalue weighted by atomic mass is 79.9. The van der Waals surface area contributed by atoms with Crippen molar-refractivity contribution in [1.29, 1.82) is 0 Å². The molecule has 3 rings (SSSR count). The minimum atomic E-state index is -0.556. The van der Waals surface area contributed by atoms with Gasteiger partial charge in [0, 0.05) is 15.4 Å². The highest BCUT2D eigenvalue weighted by Crippen LogP contribution is 2.29. The molecule has 0 saturated carbocycles. The highest BCUT2D eigenvalue weighted by Gasteiger charge is 2.21. The highest BCUT2D eigenvalue weighted by molar-refractivity contribution is 9.10. The van der Waals surface area contributed by atoms with Gasteiger partial charge in [-0.3, -0.25) is 10.1 Å². The van der Waals surface area contributed by atoms with Crippen LogP contribution in [0.3, 0.4) is 0 Å². The van der Waals surface area contributed by atoms with Crippen LogP contribution >= 0.6 is 39.7 Å². The molecule has 1 amide bonds. The average molecular weight is 407 g/mol. The Balaban J connectivity index is 0.00000176. The number of hydrogen-bond acceptors (Lipinski definition) is 4. The molecule has 0 saturated heterocycles. The van der Waals surface area contributed by atoms with Crippen molar-refractivity contribution in [3.63, 3.8) is 0 Å². The Bertz CT molecular complexity index is 709. The van der Waals surface area contributed by atoms with Gasteiger partial charge >= 0.3 is 0 Å². The molecule has 0 radical (unpaired) electrons. The summed E-state index contributed by atoms with van der Waals surface area (Å²) in [6, 6.07) is 4.42. The lowest BCUT2D eigenvalue weighted by Gasteiger charge is -2.15. The van der Waals surface area contributed by atoms with Gasteiger partial charge in [0.05, 0.1) is 11.3 Å². The molecule has 22 heavy (non-hydrogen) atoms. The second-order valence-corrected chi connectivity index (χ2v) is 6.97. The Morgan fingerprint density at radius 2 is 2.27 bits per heavy atom. The molecular formula is C14H14BrClFN3OS. The van der Waals surface area contributed by atoms with Gasteiger partial charge in [-0.1, -0.05) is 15.9 Å². The number of nitrogens with two attached hydrogens (primary N) is 1. The molecule has 1 atom stereocenters. The average Bonchev–Trinajstić information content (AvgIpc) is 2.82. The first-order valence-corrected chi connectivity index (χ1v) is 8.14. The maximum absolute atomic E-state index is 13.7. The fourth-order valence-corrected chi connectivity index (χ4v) is 3.75. The van der Waals surface area contributed by atoms with E-state index in [1.54, 1.807) is 6.07 Å². The fourth-order valence-electron chi connectivity index (χ4n) is 2.29. The molecule has 1 heterocycles. The molecule has 8 heteroatoms. The number of aromatic nitrogens is 1. The van der Waals surface area contributed by atoms with Crippen LogP contribution in [0.15, 0.2) is 22.7 Å². The van der Waals surface area contributed by atoms with Crippen LogP contribution in [0.5, 0.6) is 0 Å². The van der Waals surface area contributed by atoms with Crippen molar-refractivity contribution >= 4 is 50.7 Å². The van der Waals surface area contributed by atoms with Gasteiger partial charge in [0.25, 0.3) is 5.91 Å². The Morgan fingerprint density at radius 3 is 3.05 bits per heavy atom. The van der Waals surface area contributed by atoms with Gasteiger partial charge < -0.3 is 5.73 Å². The zero-order valence-corrected chi connectivity index (χ0v) is 14.7. The zero-order valence-electron chi connectivity index (χ0n) is 11.4. The molecule has 0 aliphatic heterocycles. The maximum atomic E-state index is 13.7. The largest absolute Gasteiger partial charge is 0.327 e. The van der Waals surface area contributed by atoms with Gasteiger partial charge in [0.1, 0.15) is 5.82 Å². The number of nitrogens with zero attached hydrogens (tertiary/aromatic N) is 1. The van der Waals surface area contributed by atoms with Crippen LogP contribution in [0.4, 0.5) is 9.52 Å². The summed E-state index contributed by atoms with van der Waals surface area (Å²) >= 11 is 4.64. The molecular weight excluding hydrogens is 393 g/mol. The Morgan fingerprint density at radius 1 is 1.50 bits per heavy atom. The number of thiazole rings is 1. The molecule has 0 unspecified atom stereocenters. The van der Waals surface area contributed by atoms with E-state index < -0.39 is 11.7 Å². The zero-order chi connectivity index (χ0) is 15.0. The van der Waals surface area contributed by atoms with E-state index in [1.807, 2.05) is 0 Å². The summed E-state index contributed by atoms with van der Waals surface area (Å²) in [7, 11) is 0. The first kappa shape index (κ1) is 17.3. The van der Waals surface area contributed by atoms with E-state index in [2.05, 4.69) is 26.2 Å². The van der Waals surface area contributed by atoms with E-state index in [4.69, 9.17) is 5.73 Å². The van der Waals surface area contributed by atoms with Gasteiger partial charge in [-0.15, -0.1) is 23.7 Å². The van der Waals surface area contributed by atoms with E-state index in [-0.39, 0.29) is 24.0 Å². The lowest BCUT2D eigenvalue weighted by molar-refractivity contribution is 0.102. The number of fused-ring (bicyclic) bond motifs is 1. The number of nitrogens with one attached hydrogen (secondary N) is 1. The molecule has 0 spiro atoms. The van der Waals surface area contributed by atoms with E-state index in [9.17, 15) is 9.18 Å².